The molecule has 0 saturated heterocycles. The first-order valence-electron chi connectivity index (χ1n) is 4.09. The molecule has 0 fully saturated rings. The molecule has 1 N–H and O–H groups in total. The van der Waals surface area contributed by atoms with Crippen LogP contribution in [0.25, 0.3) is 0 Å². The standard InChI is InChI=1S/C9H8Cl2F3N/c10-8(11)5-15-7-3-1-6(2-4-7)9(12,13)14/h1-4,8,15H,5H2. The van der Waals surface area contributed by atoms with Gasteiger partial charge in [-0.25, -0.2) is 0 Å². The molecule has 0 aliphatic carbocycles. The summed E-state index contributed by atoms with van der Waals surface area (Å²) in [6.07, 6.45) is -4.31. The predicted octanol–water partition coefficient (Wildman–Crippen LogP) is 3.92. The molecule has 0 heterocycles. The van der Waals surface area contributed by atoms with Crippen molar-refractivity contribution in [1.29, 1.82) is 0 Å². The molecule has 1 nitrogen and oxygen atoms in total. The summed E-state index contributed by atoms with van der Waals surface area (Å²) in [5, 5.41) is 2.79. The van der Waals surface area contributed by atoms with E-state index in [9.17, 15) is 13.2 Å². The van der Waals surface area contributed by atoms with Crippen LogP contribution in [-0.2, 0) is 6.18 Å². The van der Waals surface area contributed by atoms with Crippen LogP contribution in [0.1, 0.15) is 5.56 Å². The highest BCUT2D eigenvalue weighted by Crippen LogP contribution is 2.29. The number of hydrogen-bond acceptors (Lipinski definition) is 1. The number of anilines is 1. The lowest BCUT2D eigenvalue weighted by molar-refractivity contribution is -0.137. The van der Waals surface area contributed by atoms with Crippen LogP contribution in [-0.4, -0.2) is 11.4 Å². The third-order valence-corrected chi connectivity index (χ3v) is 1.98. The minimum atomic E-state index is -4.31. The average Bonchev–Trinajstić information content (AvgIpc) is 2.14. The van der Waals surface area contributed by atoms with Crippen molar-refractivity contribution in [2.45, 2.75) is 11.0 Å². The molecule has 1 rings (SSSR count). The van der Waals surface area contributed by atoms with Crippen LogP contribution in [0.2, 0.25) is 0 Å². The maximum absolute atomic E-state index is 12.2. The molecule has 0 aliphatic heterocycles. The van der Waals surface area contributed by atoms with Crippen LogP contribution < -0.4 is 5.32 Å². The monoisotopic (exact) mass is 257 g/mol. The van der Waals surface area contributed by atoms with Gasteiger partial charge in [0.25, 0.3) is 0 Å². The van der Waals surface area contributed by atoms with E-state index in [1.165, 1.54) is 12.1 Å². The zero-order chi connectivity index (χ0) is 11.5. The average molecular weight is 258 g/mol. The Kier molecular flexibility index (Phi) is 4.11. The van der Waals surface area contributed by atoms with Crippen LogP contribution in [0.3, 0.4) is 0 Å². The van der Waals surface area contributed by atoms with Gasteiger partial charge in [0.1, 0.15) is 4.84 Å². The van der Waals surface area contributed by atoms with Gasteiger partial charge in [0, 0.05) is 12.2 Å². The van der Waals surface area contributed by atoms with Crippen molar-refractivity contribution >= 4 is 28.9 Å². The number of halogens is 5. The Hall–Kier alpha value is -0.610. The van der Waals surface area contributed by atoms with E-state index in [4.69, 9.17) is 23.2 Å². The molecule has 0 bridgehead atoms. The predicted molar refractivity (Wildman–Crippen MR) is 55.4 cm³/mol. The van der Waals surface area contributed by atoms with Crippen LogP contribution in [0.4, 0.5) is 18.9 Å². The number of hydrogen-bond donors (Lipinski definition) is 1. The molecule has 6 heteroatoms. The summed E-state index contributed by atoms with van der Waals surface area (Å²) in [6.45, 7) is 0.286. The first kappa shape index (κ1) is 12.5. The fraction of sp³-hybridized carbons (Fsp3) is 0.333. The van der Waals surface area contributed by atoms with Crippen molar-refractivity contribution in [3.05, 3.63) is 29.8 Å². The van der Waals surface area contributed by atoms with E-state index in [0.29, 0.717) is 5.69 Å². The summed E-state index contributed by atoms with van der Waals surface area (Å²) >= 11 is 10.9. The van der Waals surface area contributed by atoms with Gasteiger partial charge in [-0.2, -0.15) is 13.2 Å². The molecule has 1 aromatic rings. The molecule has 0 radical (unpaired) electrons. The molecule has 0 amide bonds. The zero-order valence-electron chi connectivity index (χ0n) is 7.48. The van der Waals surface area contributed by atoms with Crippen molar-refractivity contribution in [1.82, 2.24) is 0 Å². The van der Waals surface area contributed by atoms with E-state index in [-0.39, 0.29) is 6.54 Å². The van der Waals surface area contributed by atoms with Gasteiger partial charge in [0.15, 0.2) is 0 Å². The van der Waals surface area contributed by atoms with E-state index >= 15 is 0 Å². The summed E-state index contributed by atoms with van der Waals surface area (Å²) in [5.41, 5.74) is -0.129. The van der Waals surface area contributed by atoms with E-state index in [2.05, 4.69) is 5.32 Å². The second-order valence-electron chi connectivity index (χ2n) is 2.85. The van der Waals surface area contributed by atoms with Gasteiger partial charge in [-0.15, -0.1) is 23.2 Å². The van der Waals surface area contributed by atoms with Gasteiger partial charge in [-0.05, 0) is 24.3 Å². The smallest absolute Gasteiger partial charge is 0.382 e. The minimum absolute atomic E-state index is 0.286. The van der Waals surface area contributed by atoms with Crippen molar-refractivity contribution in [2.24, 2.45) is 0 Å². The molecule has 0 saturated carbocycles. The summed E-state index contributed by atoms with van der Waals surface area (Å²) < 4.78 is 36.5. The fourth-order valence-corrected chi connectivity index (χ4v) is 1.13. The Morgan fingerprint density at radius 1 is 1.13 bits per heavy atom. The van der Waals surface area contributed by atoms with Crippen LogP contribution in [0.5, 0.6) is 0 Å². The lowest BCUT2D eigenvalue weighted by Crippen LogP contribution is -2.09. The Bertz CT molecular complexity index is 308. The summed E-state index contributed by atoms with van der Waals surface area (Å²) in [7, 11) is 0. The Balaban J connectivity index is 2.65. The zero-order valence-corrected chi connectivity index (χ0v) is 9.00. The normalized spacial score (nSPS) is 11.9. The molecule has 0 atom stereocenters. The van der Waals surface area contributed by atoms with Crippen LogP contribution in [0.15, 0.2) is 24.3 Å². The lowest BCUT2D eigenvalue weighted by Gasteiger charge is -2.09. The number of rotatable bonds is 3. The first-order chi connectivity index (χ1) is 6.89. The molecule has 84 valence electrons. The summed E-state index contributed by atoms with van der Waals surface area (Å²) in [4.78, 5) is -0.590. The first-order valence-corrected chi connectivity index (χ1v) is 4.96. The molecule has 1 aromatic carbocycles. The van der Waals surface area contributed by atoms with Crippen molar-refractivity contribution in [3.8, 4) is 0 Å². The largest absolute Gasteiger partial charge is 0.416 e. The van der Waals surface area contributed by atoms with E-state index < -0.39 is 16.6 Å². The van der Waals surface area contributed by atoms with E-state index in [0.717, 1.165) is 12.1 Å². The maximum atomic E-state index is 12.2. The van der Waals surface area contributed by atoms with Crippen molar-refractivity contribution in [2.75, 3.05) is 11.9 Å². The van der Waals surface area contributed by atoms with E-state index in [1.54, 1.807) is 0 Å². The highest BCUT2D eigenvalue weighted by atomic mass is 35.5. The summed E-state index contributed by atoms with van der Waals surface area (Å²) in [6, 6.07) is 4.66. The lowest BCUT2D eigenvalue weighted by atomic mass is 10.2. The minimum Gasteiger partial charge on any atom is -0.382 e. The maximum Gasteiger partial charge on any atom is 0.416 e. The van der Waals surface area contributed by atoms with Crippen molar-refractivity contribution < 1.29 is 13.2 Å². The molecule has 0 aromatic heterocycles. The Morgan fingerprint density at radius 3 is 2.07 bits per heavy atom. The quantitative estimate of drug-likeness (QED) is 0.810. The highest BCUT2D eigenvalue weighted by molar-refractivity contribution is 6.44. The van der Waals surface area contributed by atoms with Crippen LogP contribution >= 0.6 is 23.2 Å². The molecule has 0 unspecified atom stereocenters. The van der Waals surface area contributed by atoms with Crippen LogP contribution in [0, 0.1) is 0 Å². The second kappa shape index (κ2) is 4.94. The fourth-order valence-electron chi connectivity index (χ4n) is 0.972. The SMILES string of the molecule is FC(F)(F)c1ccc(NCC(Cl)Cl)cc1. The van der Waals surface area contributed by atoms with Gasteiger partial charge in [-0.1, -0.05) is 0 Å². The Labute approximate surface area is 95.2 Å². The second-order valence-corrected chi connectivity index (χ2v) is 4.12. The van der Waals surface area contributed by atoms with Gasteiger partial charge in [0.05, 0.1) is 5.56 Å². The molecule has 0 aliphatic rings. The number of benzene rings is 1. The van der Waals surface area contributed by atoms with Gasteiger partial charge in [-0.3, -0.25) is 0 Å². The van der Waals surface area contributed by atoms with Gasteiger partial charge >= 0.3 is 6.18 Å². The molecular weight excluding hydrogens is 250 g/mol. The summed E-state index contributed by atoms with van der Waals surface area (Å²) in [5.74, 6) is 0. The molecule has 15 heavy (non-hydrogen) atoms. The molecule has 0 spiro atoms. The van der Waals surface area contributed by atoms with Gasteiger partial charge < -0.3 is 5.32 Å². The third-order valence-electron chi connectivity index (χ3n) is 1.67. The number of alkyl halides is 5. The Morgan fingerprint density at radius 2 is 1.67 bits per heavy atom. The van der Waals surface area contributed by atoms with Gasteiger partial charge in [0.2, 0.25) is 0 Å². The van der Waals surface area contributed by atoms with E-state index in [1.807, 2.05) is 0 Å². The topological polar surface area (TPSA) is 12.0 Å². The number of nitrogens with one attached hydrogen (secondary N) is 1. The van der Waals surface area contributed by atoms with Crippen molar-refractivity contribution in [3.63, 3.8) is 0 Å². The molecular formula is C9H8Cl2F3N. The third kappa shape index (κ3) is 4.18. The highest BCUT2D eigenvalue weighted by Gasteiger charge is 2.29.